The van der Waals surface area contributed by atoms with E-state index in [2.05, 4.69) is 73.0 Å². The fourth-order valence-electron chi connectivity index (χ4n) is 5.41. The lowest BCUT2D eigenvalue weighted by Crippen LogP contribution is -2.28. The molecule has 200 valence electrons. The predicted octanol–water partition coefficient (Wildman–Crippen LogP) is 7.93. The van der Waals surface area contributed by atoms with Crippen LogP contribution in [0, 0.1) is 6.33 Å². The van der Waals surface area contributed by atoms with Crippen LogP contribution in [0.1, 0.15) is 40.2 Å². The van der Waals surface area contributed by atoms with E-state index < -0.39 is 6.37 Å². The monoisotopic (exact) mass is 534 g/mol. The third kappa shape index (κ3) is 4.72. The Bertz CT molecular complexity index is 2080. The summed E-state index contributed by atoms with van der Waals surface area (Å²) in [5, 5.41) is 2.18. The van der Waals surface area contributed by atoms with Crippen molar-refractivity contribution in [2.24, 2.45) is 0 Å². The Kier molecular flexibility index (Phi) is 5.51. The molecular formula is C37H32N4. The van der Waals surface area contributed by atoms with E-state index >= 15 is 0 Å². The van der Waals surface area contributed by atoms with Gasteiger partial charge in [0, 0.05) is 32.1 Å². The summed E-state index contributed by atoms with van der Waals surface area (Å²) in [6.45, 7) is 6.63. The second kappa shape index (κ2) is 9.90. The van der Waals surface area contributed by atoms with Crippen molar-refractivity contribution in [3.8, 4) is 17.2 Å². The molecule has 0 radical (unpaired) electrons. The molecule has 4 aromatic carbocycles. The van der Waals surface area contributed by atoms with Crippen LogP contribution in [0.5, 0.6) is 0 Å². The Morgan fingerprint density at radius 3 is 2.37 bits per heavy atom. The number of imidazole rings is 1. The zero-order valence-electron chi connectivity index (χ0n) is 25.4. The van der Waals surface area contributed by atoms with Crippen molar-refractivity contribution in [3.63, 3.8) is 0 Å². The zero-order chi connectivity index (χ0) is 29.8. The van der Waals surface area contributed by atoms with Crippen LogP contribution in [0.2, 0.25) is 0 Å². The standard InChI is InChI=1S/C37H32N4/c1-37(2,3)29-15-17-30(18-16-29)39-21-22-40(26-39)31-10-8-9-27(24-31)23-28-14-19-33-32-11-4-5-12-34(32)41(35(33)25-28)36-13-6-7-20-38-36/h4-22,24-25H,23H2,1-3H3/i23D2. The Morgan fingerprint density at radius 1 is 0.780 bits per heavy atom. The molecule has 0 fully saturated rings. The van der Waals surface area contributed by atoms with Gasteiger partial charge in [0.2, 0.25) is 0 Å². The molecule has 7 rings (SSSR count). The van der Waals surface area contributed by atoms with Crippen LogP contribution < -0.4 is 4.57 Å². The van der Waals surface area contributed by atoms with Crippen LogP contribution in [-0.4, -0.2) is 14.1 Å². The molecule has 0 saturated carbocycles. The quantitative estimate of drug-likeness (QED) is 0.163. The summed E-state index contributed by atoms with van der Waals surface area (Å²) in [5.41, 5.74) is 6.37. The lowest BCUT2D eigenvalue weighted by molar-refractivity contribution is -0.599. The highest BCUT2D eigenvalue weighted by Gasteiger charge is 2.15. The van der Waals surface area contributed by atoms with Crippen molar-refractivity contribution in [1.29, 1.82) is 0 Å². The van der Waals surface area contributed by atoms with Crippen LogP contribution in [0.4, 0.5) is 0 Å². The molecule has 0 N–H and O–H groups in total. The average molecular weight is 535 g/mol. The molecule has 4 nitrogen and oxygen atoms in total. The van der Waals surface area contributed by atoms with Gasteiger partial charge in [-0.25, -0.2) is 4.98 Å². The SMILES string of the molecule is [2H]C([2H])(c1cccc(-n2[c-][n+](-c3ccc(C(C)(C)C)cc3)cc2)c1)c1ccc2c3ccccc3n(-c3ccccn3)c2c1. The van der Waals surface area contributed by atoms with Gasteiger partial charge in [-0.2, -0.15) is 0 Å². The molecule has 0 unspecified atom stereocenters. The van der Waals surface area contributed by atoms with Gasteiger partial charge < -0.3 is 0 Å². The molecule has 0 atom stereocenters. The first-order valence-corrected chi connectivity index (χ1v) is 13.9. The molecule has 0 bridgehead atoms. The largest absolute Gasteiger partial charge is 0.299 e. The topological polar surface area (TPSA) is 26.6 Å². The second-order valence-electron chi connectivity index (χ2n) is 11.4. The molecular weight excluding hydrogens is 500 g/mol. The van der Waals surface area contributed by atoms with E-state index in [-0.39, 0.29) is 5.41 Å². The maximum Gasteiger partial charge on any atom is 0.268 e. The fraction of sp³-hybridized carbons (Fsp3) is 0.135. The number of rotatable bonds is 5. The summed E-state index contributed by atoms with van der Waals surface area (Å²) < 4.78 is 24.5. The number of pyridine rings is 1. The van der Waals surface area contributed by atoms with E-state index in [1.807, 2.05) is 94.3 Å². The molecule has 0 saturated heterocycles. The van der Waals surface area contributed by atoms with E-state index in [0.717, 1.165) is 39.0 Å². The minimum absolute atomic E-state index is 0.0951. The number of aromatic nitrogens is 4. The van der Waals surface area contributed by atoms with Crippen molar-refractivity contribution in [2.75, 3.05) is 0 Å². The highest BCUT2D eigenvalue weighted by atomic mass is 15.1. The number of hydrogen-bond acceptors (Lipinski definition) is 1. The summed E-state index contributed by atoms with van der Waals surface area (Å²) in [6.07, 6.45) is 7.36. The van der Waals surface area contributed by atoms with Crippen molar-refractivity contribution in [2.45, 2.75) is 32.6 Å². The van der Waals surface area contributed by atoms with Gasteiger partial charge in [-0.1, -0.05) is 81.4 Å². The summed E-state index contributed by atoms with van der Waals surface area (Å²) in [7, 11) is 0. The van der Waals surface area contributed by atoms with Crippen LogP contribution in [-0.2, 0) is 11.8 Å². The molecule has 0 aliphatic carbocycles. The maximum absolute atomic E-state index is 9.28. The van der Waals surface area contributed by atoms with E-state index in [0.29, 0.717) is 11.1 Å². The third-order valence-electron chi connectivity index (χ3n) is 7.56. The van der Waals surface area contributed by atoms with Crippen molar-refractivity contribution in [1.82, 2.24) is 14.1 Å². The van der Waals surface area contributed by atoms with Gasteiger partial charge in [0.05, 0.1) is 22.4 Å². The van der Waals surface area contributed by atoms with Gasteiger partial charge in [-0.05, 0) is 77.0 Å². The summed E-state index contributed by atoms with van der Waals surface area (Å²) in [5.74, 6) is 0.804. The molecule has 41 heavy (non-hydrogen) atoms. The molecule has 7 aromatic rings. The number of para-hydroxylation sites is 1. The fourth-order valence-corrected chi connectivity index (χ4v) is 5.41. The molecule has 4 heteroatoms. The number of fused-ring (bicyclic) bond motifs is 3. The van der Waals surface area contributed by atoms with Crippen molar-refractivity contribution < 1.29 is 7.31 Å². The lowest BCUT2D eigenvalue weighted by Gasteiger charge is -2.19. The first kappa shape index (κ1) is 22.8. The Morgan fingerprint density at radius 2 is 1.56 bits per heavy atom. The summed E-state index contributed by atoms with van der Waals surface area (Å²) in [4.78, 5) is 4.62. The Labute approximate surface area is 243 Å². The highest BCUT2D eigenvalue weighted by molar-refractivity contribution is 6.09. The van der Waals surface area contributed by atoms with E-state index in [4.69, 9.17) is 0 Å². The van der Waals surface area contributed by atoms with E-state index in [1.165, 1.54) is 5.56 Å². The summed E-state index contributed by atoms with van der Waals surface area (Å²) >= 11 is 0. The molecule has 3 aromatic heterocycles. The minimum Gasteiger partial charge on any atom is -0.299 e. The number of benzene rings is 4. The number of nitrogens with zero attached hydrogens (tertiary/aromatic N) is 4. The van der Waals surface area contributed by atoms with Crippen LogP contribution in [0.25, 0.3) is 39.0 Å². The van der Waals surface area contributed by atoms with Crippen molar-refractivity contribution >= 4 is 21.8 Å². The van der Waals surface area contributed by atoms with Gasteiger partial charge in [-0.15, -0.1) is 0 Å². The van der Waals surface area contributed by atoms with Gasteiger partial charge in [0.15, 0.2) is 0 Å². The Balaban J connectivity index is 1.26. The highest BCUT2D eigenvalue weighted by Crippen LogP contribution is 2.32. The minimum atomic E-state index is -1.73. The normalized spacial score (nSPS) is 13.0. The van der Waals surface area contributed by atoms with Gasteiger partial charge in [0.25, 0.3) is 6.33 Å². The first-order chi connectivity index (χ1) is 20.7. The maximum atomic E-state index is 9.28. The average Bonchev–Trinajstić information content (AvgIpc) is 3.65. The second-order valence-corrected chi connectivity index (χ2v) is 11.4. The van der Waals surface area contributed by atoms with Gasteiger partial charge in [-0.3, -0.25) is 13.7 Å². The van der Waals surface area contributed by atoms with Crippen LogP contribution in [0.3, 0.4) is 0 Å². The molecule has 0 amide bonds. The molecule has 0 spiro atoms. The van der Waals surface area contributed by atoms with Crippen LogP contribution in [0.15, 0.2) is 128 Å². The van der Waals surface area contributed by atoms with Gasteiger partial charge in [0.1, 0.15) is 5.82 Å². The van der Waals surface area contributed by atoms with E-state index in [9.17, 15) is 2.74 Å². The van der Waals surface area contributed by atoms with Gasteiger partial charge >= 0.3 is 0 Å². The number of hydrogen-bond donors (Lipinski definition) is 0. The Hall–Kier alpha value is -4.96. The first-order valence-electron chi connectivity index (χ1n) is 14.9. The molecule has 0 aliphatic rings. The zero-order valence-corrected chi connectivity index (χ0v) is 23.4. The van der Waals surface area contributed by atoms with Crippen LogP contribution >= 0.6 is 0 Å². The van der Waals surface area contributed by atoms with Crippen molar-refractivity contribution in [3.05, 3.63) is 151 Å². The predicted molar refractivity (Wildman–Crippen MR) is 166 cm³/mol. The lowest BCUT2D eigenvalue weighted by atomic mass is 9.87. The van der Waals surface area contributed by atoms with E-state index in [1.54, 1.807) is 6.20 Å². The molecule has 3 heterocycles. The molecule has 0 aliphatic heterocycles. The smallest absolute Gasteiger partial charge is 0.268 e. The third-order valence-corrected chi connectivity index (χ3v) is 7.56. The summed E-state index contributed by atoms with van der Waals surface area (Å²) in [6, 6.07) is 36.2.